The SMILES string of the molecule is Cc1ncn(C2CN3CCC2C3)n1.Cl.Cl. The summed E-state index contributed by atoms with van der Waals surface area (Å²) in [6, 6.07) is 0.593. The first-order valence-electron chi connectivity index (χ1n) is 4.93. The van der Waals surface area contributed by atoms with Gasteiger partial charge in [-0.05, 0) is 25.8 Å². The van der Waals surface area contributed by atoms with E-state index in [0.29, 0.717) is 6.04 Å². The van der Waals surface area contributed by atoms with Crippen molar-refractivity contribution in [1.29, 1.82) is 0 Å². The van der Waals surface area contributed by atoms with Gasteiger partial charge in [-0.1, -0.05) is 0 Å². The second-order valence-corrected chi connectivity index (χ2v) is 4.15. The fraction of sp³-hybridized carbons (Fsp3) is 0.778. The maximum Gasteiger partial charge on any atom is 0.147 e. The molecule has 4 nitrogen and oxygen atoms in total. The van der Waals surface area contributed by atoms with Crippen molar-refractivity contribution >= 4 is 24.8 Å². The van der Waals surface area contributed by atoms with Gasteiger partial charge in [-0.25, -0.2) is 9.67 Å². The Balaban J connectivity index is 0.000000562. The van der Waals surface area contributed by atoms with Crippen molar-refractivity contribution < 1.29 is 0 Å². The van der Waals surface area contributed by atoms with Gasteiger partial charge in [0.2, 0.25) is 0 Å². The molecule has 2 bridgehead atoms. The highest BCUT2D eigenvalue weighted by Gasteiger charge is 2.39. The molecule has 0 aromatic carbocycles. The van der Waals surface area contributed by atoms with Gasteiger partial charge < -0.3 is 4.90 Å². The van der Waals surface area contributed by atoms with Crippen molar-refractivity contribution in [2.75, 3.05) is 19.6 Å². The predicted octanol–water partition coefficient (Wildman–Crippen LogP) is 1.31. The third-order valence-corrected chi connectivity index (χ3v) is 3.26. The first-order valence-corrected chi connectivity index (χ1v) is 4.93. The number of aryl methyl sites for hydroxylation is 1. The monoisotopic (exact) mass is 250 g/mol. The van der Waals surface area contributed by atoms with E-state index < -0.39 is 0 Å². The summed E-state index contributed by atoms with van der Waals surface area (Å²) in [7, 11) is 0. The Labute approximate surface area is 102 Å². The van der Waals surface area contributed by atoms with Crippen molar-refractivity contribution in [2.24, 2.45) is 5.92 Å². The molecule has 15 heavy (non-hydrogen) atoms. The molecule has 86 valence electrons. The summed E-state index contributed by atoms with van der Waals surface area (Å²) in [5, 5.41) is 4.39. The third kappa shape index (κ3) is 2.12. The number of halogens is 2. The standard InChI is InChI=1S/C9H14N4.2ClH/c1-7-10-6-13(11-7)9-5-12-3-2-8(9)4-12;;/h6,8-9H,2-5H2,1H3;2*1H. The van der Waals surface area contributed by atoms with Gasteiger partial charge in [-0.2, -0.15) is 5.10 Å². The van der Waals surface area contributed by atoms with Gasteiger partial charge in [0.1, 0.15) is 12.2 Å². The molecule has 3 rings (SSSR count). The summed E-state index contributed by atoms with van der Waals surface area (Å²) in [5.74, 6) is 1.71. The topological polar surface area (TPSA) is 34.0 Å². The molecule has 6 heteroatoms. The Morgan fingerprint density at radius 1 is 1.33 bits per heavy atom. The number of rotatable bonds is 1. The van der Waals surface area contributed by atoms with E-state index in [2.05, 4.69) is 19.7 Å². The van der Waals surface area contributed by atoms with Crippen LogP contribution in [0.1, 0.15) is 18.3 Å². The van der Waals surface area contributed by atoms with Crippen LogP contribution in [0, 0.1) is 12.8 Å². The summed E-state index contributed by atoms with van der Waals surface area (Å²) in [6.45, 7) is 5.68. The van der Waals surface area contributed by atoms with Crippen LogP contribution in [0.2, 0.25) is 0 Å². The van der Waals surface area contributed by atoms with Crippen molar-refractivity contribution in [1.82, 2.24) is 19.7 Å². The quantitative estimate of drug-likeness (QED) is 0.754. The van der Waals surface area contributed by atoms with E-state index in [1.54, 1.807) is 0 Å². The zero-order valence-electron chi connectivity index (χ0n) is 8.67. The normalized spacial score (nSPS) is 32.2. The largest absolute Gasteiger partial charge is 0.301 e. The number of nitrogens with zero attached hydrogens (tertiary/aromatic N) is 4. The molecule has 0 amide bonds. The first-order chi connectivity index (χ1) is 6.33. The molecule has 3 unspecified atom stereocenters. The number of piperidine rings is 1. The van der Waals surface area contributed by atoms with Crippen LogP contribution in [0.4, 0.5) is 0 Å². The van der Waals surface area contributed by atoms with E-state index in [9.17, 15) is 0 Å². The molecular weight excluding hydrogens is 235 g/mol. The lowest BCUT2D eigenvalue weighted by Gasteiger charge is -2.21. The van der Waals surface area contributed by atoms with Crippen LogP contribution < -0.4 is 0 Å². The summed E-state index contributed by atoms with van der Waals surface area (Å²) in [4.78, 5) is 6.70. The Kier molecular flexibility index (Phi) is 3.98. The van der Waals surface area contributed by atoms with E-state index in [1.165, 1.54) is 26.1 Å². The molecule has 0 saturated carbocycles. The molecule has 0 spiro atoms. The van der Waals surface area contributed by atoms with E-state index in [1.807, 2.05) is 13.3 Å². The van der Waals surface area contributed by atoms with Crippen LogP contribution in [0.25, 0.3) is 0 Å². The molecule has 2 aliphatic heterocycles. The van der Waals surface area contributed by atoms with Crippen LogP contribution in [0.3, 0.4) is 0 Å². The van der Waals surface area contributed by atoms with Gasteiger partial charge in [-0.15, -0.1) is 24.8 Å². The smallest absolute Gasteiger partial charge is 0.147 e. The van der Waals surface area contributed by atoms with Gasteiger partial charge >= 0.3 is 0 Å². The van der Waals surface area contributed by atoms with Crippen molar-refractivity contribution in [2.45, 2.75) is 19.4 Å². The lowest BCUT2D eigenvalue weighted by atomic mass is 10.0. The molecule has 1 aromatic rings. The Morgan fingerprint density at radius 2 is 2.13 bits per heavy atom. The molecule has 1 aromatic heterocycles. The molecule has 2 saturated heterocycles. The fourth-order valence-corrected chi connectivity index (χ4v) is 2.58. The van der Waals surface area contributed by atoms with Gasteiger partial charge in [0, 0.05) is 13.1 Å². The van der Waals surface area contributed by atoms with Crippen LogP contribution >= 0.6 is 24.8 Å². The van der Waals surface area contributed by atoms with Gasteiger partial charge in [0.05, 0.1) is 6.04 Å². The van der Waals surface area contributed by atoms with E-state index in [0.717, 1.165) is 11.7 Å². The number of hydrogen-bond acceptors (Lipinski definition) is 3. The molecule has 3 heterocycles. The van der Waals surface area contributed by atoms with Crippen LogP contribution in [0.5, 0.6) is 0 Å². The number of aromatic nitrogens is 3. The number of fused-ring (bicyclic) bond motifs is 2. The molecule has 0 radical (unpaired) electrons. The van der Waals surface area contributed by atoms with Gasteiger partial charge in [0.15, 0.2) is 0 Å². The van der Waals surface area contributed by atoms with E-state index in [-0.39, 0.29) is 24.8 Å². The summed E-state index contributed by atoms with van der Waals surface area (Å²) < 4.78 is 2.05. The predicted molar refractivity (Wildman–Crippen MR) is 62.8 cm³/mol. The molecule has 0 aliphatic carbocycles. The number of hydrogen-bond donors (Lipinski definition) is 0. The first kappa shape index (κ1) is 12.7. The van der Waals surface area contributed by atoms with Crippen molar-refractivity contribution in [3.8, 4) is 0 Å². The Hall–Kier alpha value is -0.320. The van der Waals surface area contributed by atoms with Gasteiger partial charge in [-0.3, -0.25) is 0 Å². The highest BCUT2D eigenvalue weighted by Crippen LogP contribution is 2.35. The molecular formula is C9H16Cl2N4. The second kappa shape index (κ2) is 4.68. The minimum absolute atomic E-state index is 0. The Bertz CT molecular complexity index is 328. The maximum atomic E-state index is 4.39. The summed E-state index contributed by atoms with van der Waals surface area (Å²) >= 11 is 0. The van der Waals surface area contributed by atoms with E-state index in [4.69, 9.17) is 0 Å². The lowest BCUT2D eigenvalue weighted by molar-refractivity contribution is 0.284. The summed E-state index contributed by atoms with van der Waals surface area (Å²) in [5.41, 5.74) is 0. The molecule has 3 atom stereocenters. The maximum absolute atomic E-state index is 4.39. The highest BCUT2D eigenvalue weighted by molar-refractivity contribution is 5.85. The molecule has 2 aliphatic rings. The second-order valence-electron chi connectivity index (χ2n) is 4.15. The van der Waals surface area contributed by atoms with E-state index >= 15 is 0 Å². The third-order valence-electron chi connectivity index (χ3n) is 3.26. The molecule has 0 N–H and O–H groups in total. The average Bonchev–Trinajstić information content (AvgIpc) is 2.77. The fourth-order valence-electron chi connectivity index (χ4n) is 2.58. The van der Waals surface area contributed by atoms with Crippen molar-refractivity contribution in [3.63, 3.8) is 0 Å². The van der Waals surface area contributed by atoms with Crippen LogP contribution in [-0.2, 0) is 0 Å². The zero-order valence-corrected chi connectivity index (χ0v) is 10.3. The highest BCUT2D eigenvalue weighted by atomic mass is 35.5. The molecule has 2 fully saturated rings. The summed E-state index contributed by atoms with van der Waals surface area (Å²) in [6.07, 6.45) is 3.21. The minimum Gasteiger partial charge on any atom is -0.301 e. The zero-order chi connectivity index (χ0) is 8.84. The Morgan fingerprint density at radius 3 is 2.60 bits per heavy atom. The van der Waals surface area contributed by atoms with Gasteiger partial charge in [0.25, 0.3) is 0 Å². The average molecular weight is 251 g/mol. The lowest BCUT2D eigenvalue weighted by Crippen LogP contribution is -2.26. The minimum atomic E-state index is 0. The van der Waals surface area contributed by atoms with Crippen molar-refractivity contribution in [3.05, 3.63) is 12.2 Å². The van der Waals surface area contributed by atoms with Crippen LogP contribution in [-0.4, -0.2) is 39.3 Å². The van der Waals surface area contributed by atoms with Crippen LogP contribution in [0.15, 0.2) is 6.33 Å².